The van der Waals surface area contributed by atoms with Crippen molar-refractivity contribution in [2.24, 2.45) is 4.99 Å². The van der Waals surface area contributed by atoms with Crippen LogP contribution in [0.15, 0.2) is 53.5 Å². The van der Waals surface area contributed by atoms with Crippen LogP contribution in [0.3, 0.4) is 0 Å². The number of nitrogens with zero attached hydrogens (tertiary/aromatic N) is 1. The molecule has 2 nitrogen and oxygen atoms in total. The minimum absolute atomic E-state index is 0.0922. The van der Waals surface area contributed by atoms with E-state index in [1.165, 1.54) is 13.2 Å². The molecule has 0 aliphatic carbocycles. The van der Waals surface area contributed by atoms with Crippen LogP contribution < -0.4 is 9.20 Å². The molecule has 0 fully saturated rings. The van der Waals surface area contributed by atoms with E-state index in [-0.39, 0.29) is 26.4 Å². The van der Waals surface area contributed by atoms with Crippen molar-refractivity contribution < 1.29 is 17.9 Å². The van der Waals surface area contributed by atoms with Gasteiger partial charge >= 0.3 is 145 Å². The maximum atomic E-state index is 13.3. The van der Waals surface area contributed by atoms with Gasteiger partial charge in [0.2, 0.25) is 0 Å². The molecule has 0 bridgehead atoms. The molecule has 0 radical (unpaired) electrons. The summed E-state index contributed by atoms with van der Waals surface area (Å²) in [4.78, 5) is 3.67. The third-order valence-corrected chi connectivity index (χ3v) is 4.68. The summed E-state index contributed by atoms with van der Waals surface area (Å²) in [5, 5.41) is 0. The summed E-state index contributed by atoms with van der Waals surface area (Å²) in [5.74, 6) is 7.03. The van der Waals surface area contributed by atoms with Gasteiger partial charge in [-0.25, -0.2) is 0 Å². The van der Waals surface area contributed by atoms with Gasteiger partial charge in [0.1, 0.15) is 0 Å². The van der Waals surface area contributed by atoms with E-state index in [1.807, 2.05) is 18.0 Å². The Morgan fingerprint density at radius 2 is 1.75 bits per heavy atom. The Morgan fingerprint density at radius 3 is 2.42 bits per heavy atom. The summed E-state index contributed by atoms with van der Waals surface area (Å²) in [6.45, 7) is 0. The SMILES string of the molecule is COc1ccccc1N=C(C#Cc1ccccc1[Se]C)C(F)(F)F. The van der Waals surface area contributed by atoms with Crippen molar-refractivity contribution in [2.75, 3.05) is 7.11 Å². The monoisotopic (exact) mass is 397 g/mol. The van der Waals surface area contributed by atoms with Gasteiger partial charge in [0, 0.05) is 0 Å². The Balaban J connectivity index is 2.49. The van der Waals surface area contributed by atoms with Gasteiger partial charge in [-0.1, -0.05) is 0 Å². The van der Waals surface area contributed by atoms with Crippen molar-refractivity contribution in [1.82, 2.24) is 0 Å². The van der Waals surface area contributed by atoms with Gasteiger partial charge in [-0.05, 0) is 0 Å². The van der Waals surface area contributed by atoms with Crippen LogP contribution in [0.25, 0.3) is 0 Å². The average Bonchev–Trinajstić information content (AvgIpc) is 2.58. The summed E-state index contributed by atoms with van der Waals surface area (Å²) in [6.07, 6.45) is -4.64. The van der Waals surface area contributed by atoms with Crippen molar-refractivity contribution in [1.29, 1.82) is 0 Å². The third-order valence-electron chi connectivity index (χ3n) is 3.01. The van der Waals surface area contributed by atoms with E-state index in [4.69, 9.17) is 4.74 Å². The Labute approximate surface area is 144 Å². The van der Waals surface area contributed by atoms with E-state index in [0.29, 0.717) is 5.56 Å². The molecule has 0 aliphatic heterocycles. The first-order valence-corrected chi connectivity index (χ1v) is 9.46. The van der Waals surface area contributed by atoms with E-state index in [2.05, 4.69) is 16.8 Å². The van der Waals surface area contributed by atoms with Crippen LogP contribution in [-0.4, -0.2) is 34.0 Å². The van der Waals surface area contributed by atoms with E-state index < -0.39 is 11.9 Å². The van der Waals surface area contributed by atoms with E-state index in [0.717, 1.165) is 4.46 Å². The van der Waals surface area contributed by atoms with Gasteiger partial charge in [-0.15, -0.1) is 0 Å². The van der Waals surface area contributed by atoms with Crippen molar-refractivity contribution in [3.05, 3.63) is 54.1 Å². The third kappa shape index (κ3) is 4.64. The van der Waals surface area contributed by atoms with Crippen LogP contribution >= 0.6 is 0 Å². The number of para-hydroxylation sites is 2. The fourth-order valence-electron chi connectivity index (χ4n) is 1.88. The number of alkyl halides is 3. The number of benzene rings is 2. The summed E-state index contributed by atoms with van der Waals surface area (Å²) in [6, 6.07) is 13.4. The second-order valence-electron chi connectivity index (χ2n) is 4.58. The number of hydrogen-bond donors (Lipinski definition) is 0. The molecule has 0 atom stereocenters. The molecule has 0 heterocycles. The molecule has 0 N–H and O–H groups in total. The number of ether oxygens (including phenoxy) is 1. The molecular weight excluding hydrogens is 382 g/mol. The van der Waals surface area contributed by atoms with Crippen molar-refractivity contribution >= 4 is 30.8 Å². The molecule has 24 heavy (non-hydrogen) atoms. The van der Waals surface area contributed by atoms with Crippen molar-refractivity contribution in [3.8, 4) is 17.6 Å². The van der Waals surface area contributed by atoms with Crippen molar-refractivity contribution in [2.45, 2.75) is 12.0 Å². The molecule has 0 unspecified atom stereocenters. The Bertz CT molecular complexity index is 804. The zero-order valence-corrected chi connectivity index (χ0v) is 14.7. The van der Waals surface area contributed by atoms with E-state index in [9.17, 15) is 13.2 Å². The molecule has 0 spiro atoms. The van der Waals surface area contributed by atoms with E-state index >= 15 is 0 Å². The second-order valence-corrected chi connectivity index (χ2v) is 6.36. The zero-order chi connectivity index (χ0) is 17.6. The molecule has 124 valence electrons. The standard InChI is InChI=1S/C18H14F3NOSe/c1-23-15-9-5-4-8-14(15)22-17(18(19,20)21)12-11-13-7-3-6-10-16(13)24-2/h3-10H,1-2H3. The maximum absolute atomic E-state index is 13.3. The second kappa shape index (κ2) is 8.05. The van der Waals surface area contributed by atoms with Gasteiger partial charge in [-0.3, -0.25) is 0 Å². The number of halogens is 3. The molecule has 0 saturated carbocycles. The number of rotatable bonds is 3. The predicted octanol–water partition coefficient (Wildman–Crippen LogP) is 3.76. The van der Waals surface area contributed by atoms with Gasteiger partial charge in [0.15, 0.2) is 0 Å². The quantitative estimate of drug-likeness (QED) is 0.440. The van der Waals surface area contributed by atoms with Crippen LogP contribution in [-0.2, 0) is 0 Å². The van der Waals surface area contributed by atoms with Crippen LogP contribution in [0, 0.1) is 11.8 Å². The topological polar surface area (TPSA) is 21.6 Å². The van der Waals surface area contributed by atoms with Crippen LogP contribution in [0.1, 0.15) is 5.56 Å². The first kappa shape index (κ1) is 18.1. The minimum atomic E-state index is -4.64. The summed E-state index contributed by atoms with van der Waals surface area (Å²) >= 11 is 0.142. The van der Waals surface area contributed by atoms with Gasteiger partial charge in [0.05, 0.1) is 0 Å². The molecule has 0 aromatic heterocycles. The fourth-order valence-corrected chi connectivity index (χ4v) is 3.04. The molecule has 2 aromatic rings. The molecule has 0 aliphatic rings. The van der Waals surface area contributed by atoms with E-state index in [1.54, 1.807) is 30.3 Å². The van der Waals surface area contributed by atoms with Crippen LogP contribution in [0.4, 0.5) is 18.9 Å². The zero-order valence-electron chi connectivity index (χ0n) is 13.0. The summed E-state index contributed by atoms with van der Waals surface area (Å²) in [5.41, 5.74) is -0.461. The Kier molecular flexibility index (Phi) is 6.08. The van der Waals surface area contributed by atoms with Gasteiger partial charge < -0.3 is 0 Å². The molecule has 2 aromatic carbocycles. The Morgan fingerprint density at radius 1 is 1.08 bits per heavy atom. The molecule has 0 saturated heterocycles. The normalized spacial score (nSPS) is 11.6. The molecule has 0 amide bonds. The molecule has 6 heteroatoms. The van der Waals surface area contributed by atoms with Gasteiger partial charge in [0.25, 0.3) is 0 Å². The van der Waals surface area contributed by atoms with Crippen LogP contribution in [0.2, 0.25) is 5.82 Å². The number of methoxy groups -OCH3 is 1. The van der Waals surface area contributed by atoms with Crippen LogP contribution in [0.5, 0.6) is 5.75 Å². The summed E-state index contributed by atoms with van der Waals surface area (Å²) < 4.78 is 45.8. The number of hydrogen-bond acceptors (Lipinski definition) is 2. The first-order chi connectivity index (χ1) is 11.5. The first-order valence-electron chi connectivity index (χ1n) is 6.89. The fraction of sp³-hybridized carbons (Fsp3) is 0.167. The Hall–Kier alpha value is -2.22. The molecular formula is C18H14F3NOSe. The average molecular weight is 396 g/mol. The molecule has 2 rings (SSSR count). The summed E-state index contributed by atoms with van der Waals surface area (Å²) in [7, 11) is 1.38. The predicted molar refractivity (Wildman–Crippen MR) is 90.7 cm³/mol. The number of aliphatic imine (C=N–C) groups is 1. The van der Waals surface area contributed by atoms with Gasteiger partial charge in [-0.2, -0.15) is 0 Å². The van der Waals surface area contributed by atoms with Crippen molar-refractivity contribution in [3.63, 3.8) is 0 Å².